The quantitative estimate of drug-likeness (QED) is 0.794. The van der Waals surface area contributed by atoms with E-state index in [0.717, 1.165) is 30.9 Å². The number of aryl methyl sites for hydroxylation is 1. The van der Waals surface area contributed by atoms with Crippen molar-refractivity contribution in [3.63, 3.8) is 0 Å². The maximum absolute atomic E-state index is 5.79. The summed E-state index contributed by atoms with van der Waals surface area (Å²) < 4.78 is 5.37. The third-order valence-corrected chi connectivity index (χ3v) is 3.72. The maximum Gasteiger partial charge on any atom is 0.141 e. The summed E-state index contributed by atoms with van der Waals surface area (Å²) in [7, 11) is 1.71. The molecule has 0 bridgehead atoms. The van der Waals surface area contributed by atoms with E-state index in [1.807, 2.05) is 6.07 Å². The van der Waals surface area contributed by atoms with Gasteiger partial charge in [0.2, 0.25) is 0 Å². The number of ether oxygens (including phenoxy) is 1. The van der Waals surface area contributed by atoms with Crippen LogP contribution in [0, 0.1) is 5.41 Å². The van der Waals surface area contributed by atoms with Crippen molar-refractivity contribution in [3.05, 3.63) is 23.8 Å². The number of benzene rings is 1. The predicted molar refractivity (Wildman–Crippen MR) is 71.6 cm³/mol. The Morgan fingerprint density at radius 2 is 2.18 bits per heavy atom. The largest absolute Gasteiger partial charge is 0.495 e. The molecular weight excluding hydrogens is 212 g/mol. The molecule has 3 heteroatoms. The molecule has 1 aliphatic rings. The molecule has 0 amide bonds. The van der Waals surface area contributed by atoms with Crippen molar-refractivity contribution in [1.82, 2.24) is 0 Å². The summed E-state index contributed by atoms with van der Waals surface area (Å²) >= 11 is 0. The van der Waals surface area contributed by atoms with Crippen LogP contribution in [0.3, 0.4) is 0 Å². The van der Waals surface area contributed by atoms with E-state index in [1.165, 1.54) is 18.4 Å². The van der Waals surface area contributed by atoms with E-state index < -0.39 is 0 Å². The Morgan fingerprint density at radius 3 is 2.71 bits per heavy atom. The molecule has 0 radical (unpaired) electrons. The second-order valence-corrected chi connectivity index (χ2v) is 4.95. The molecule has 0 atom stereocenters. The monoisotopic (exact) mass is 234 g/mol. The van der Waals surface area contributed by atoms with Crippen molar-refractivity contribution in [3.8, 4) is 5.75 Å². The lowest BCUT2D eigenvalue weighted by Crippen LogP contribution is -2.24. The Balaban J connectivity index is 2.07. The molecule has 1 fully saturated rings. The van der Waals surface area contributed by atoms with Gasteiger partial charge in [0, 0.05) is 6.54 Å². The molecule has 3 nitrogen and oxygen atoms in total. The highest BCUT2D eigenvalue weighted by molar-refractivity contribution is 5.58. The zero-order chi connectivity index (χ0) is 12.3. The van der Waals surface area contributed by atoms with Gasteiger partial charge in [-0.2, -0.15) is 0 Å². The number of nitrogens with two attached hydrogens (primary N) is 1. The van der Waals surface area contributed by atoms with Crippen molar-refractivity contribution < 1.29 is 4.74 Å². The molecule has 1 aromatic rings. The highest BCUT2D eigenvalue weighted by Gasteiger charge is 2.40. The molecular formula is C14H22N2O. The van der Waals surface area contributed by atoms with Crippen LogP contribution in [0.4, 0.5) is 5.69 Å². The van der Waals surface area contributed by atoms with Crippen molar-refractivity contribution in [1.29, 1.82) is 0 Å². The van der Waals surface area contributed by atoms with Gasteiger partial charge in [0.15, 0.2) is 0 Å². The summed E-state index contributed by atoms with van der Waals surface area (Å²) in [5.74, 6) is 0.912. The van der Waals surface area contributed by atoms with Gasteiger partial charge in [-0.05, 0) is 48.9 Å². The molecule has 3 N–H and O–H groups in total. The molecule has 0 aromatic heterocycles. The van der Waals surface area contributed by atoms with E-state index in [9.17, 15) is 0 Å². The lowest BCUT2D eigenvalue weighted by Gasteiger charge is -2.17. The topological polar surface area (TPSA) is 47.3 Å². The fourth-order valence-corrected chi connectivity index (χ4v) is 2.03. The Morgan fingerprint density at radius 1 is 1.41 bits per heavy atom. The molecule has 0 aliphatic heterocycles. The fraction of sp³-hybridized carbons (Fsp3) is 0.571. The van der Waals surface area contributed by atoms with Crippen LogP contribution < -0.4 is 15.8 Å². The molecule has 0 saturated heterocycles. The summed E-state index contributed by atoms with van der Waals surface area (Å²) in [4.78, 5) is 0. The molecule has 94 valence electrons. The van der Waals surface area contributed by atoms with Crippen LogP contribution in [0.2, 0.25) is 0 Å². The van der Waals surface area contributed by atoms with Gasteiger partial charge in [-0.25, -0.2) is 0 Å². The van der Waals surface area contributed by atoms with Crippen molar-refractivity contribution in [2.45, 2.75) is 26.2 Å². The molecule has 0 unspecified atom stereocenters. The van der Waals surface area contributed by atoms with E-state index in [0.29, 0.717) is 5.41 Å². The van der Waals surface area contributed by atoms with Crippen LogP contribution >= 0.6 is 0 Å². The Labute approximate surface area is 103 Å². The minimum atomic E-state index is 0.341. The first-order chi connectivity index (χ1) is 8.23. The number of hydrogen-bond donors (Lipinski definition) is 2. The first-order valence-corrected chi connectivity index (χ1v) is 6.34. The average molecular weight is 234 g/mol. The summed E-state index contributed by atoms with van der Waals surface area (Å²) in [5, 5.41) is 3.49. The van der Waals surface area contributed by atoms with E-state index in [2.05, 4.69) is 24.4 Å². The minimum absolute atomic E-state index is 0.341. The second kappa shape index (κ2) is 4.96. The van der Waals surface area contributed by atoms with Crippen LogP contribution in [0.1, 0.15) is 25.3 Å². The third kappa shape index (κ3) is 2.72. The molecule has 2 rings (SSSR count). The first-order valence-electron chi connectivity index (χ1n) is 6.34. The van der Waals surface area contributed by atoms with Gasteiger partial charge in [-0.1, -0.05) is 13.0 Å². The highest BCUT2D eigenvalue weighted by Crippen LogP contribution is 2.44. The molecule has 0 spiro atoms. The summed E-state index contributed by atoms with van der Waals surface area (Å²) in [5.41, 5.74) is 8.54. The summed E-state index contributed by atoms with van der Waals surface area (Å²) in [6, 6.07) is 6.31. The van der Waals surface area contributed by atoms with Gasteiger partial charge in [-0.3, -0.25) is 0 Å². The maximum atomic E-state index is 5.79. The zero-order valence-electron chi connectivity index (χ0n) is 10.8. The van der Waals surface area contributed by atoms with Crippen LogP contribution in [0.15, 0.2) is 18.2 Å². The van der Waals surface area contributed by atoms with Crippen LogP contribution in [-0.4, -0.2) is 20.2 Å². The van der Waals surface area contributed by atoms with E-state index in [1.54, 1.807) is 7.11 Å². The van der Waals surface area contributed by atoms with Gasteiger partial charge in [0.1, 0.15) is 5.75 Å². The number of nitrogens with one attached hydrogen (secondary N) is 1. The van der Waals surface area contributed by atoms with Crippen molar-refractivity contribution in [2.24, 2.45) is 11.1 Å². The van der Waals surface area contributed by atoms with Crippen molar-refractivity contribution in [2.75, 3.05) is 25.5 Å². The van der Waals surface area contributed by atoms with Gasteiger partial charge < -0.3 is 15.8 Å². The smallest absolute Gasteiger partial charge is 0.141 e. The van der Waals surface area contributed by atoms with Gasteiger partial charge in [0.05, 0.1) is 12.8 Å². The van der Waals surface area contributed by atoms with Gasteiger partial charge in [-0.15, -0.1) is 0 Å². The first kappa shape index (κ1) is 12.2. The number of anilines is 1. The molecule has 17 heavy (non-hydrogen) atoms. The molecule has 1 saturated carbocycles. The Hall–Kier alpha value is -1.22. The van der Waals surface area contributed by atoms with Gasteiger partial charge in [0.25, 0.3) is 0 Å². The second-order valence-electron chi connectivity index (χ2n) is 4.95. The zero-order valence-corrected chi connectivity index (χ0v) is 10.8. The number of methoxy groups -OCH3 is 1. The standard InChI is InChI=1S/C14H22N2O/c1-3-11-4-5-13(17-2)12(8-11)16-10-14(9-15)6-7-14/h4-5,8,16H,3,6-7,9-10,15H2,1-2H3. The fourth-order valence-electron chi connectivity index (χ4n) is 2.03. The van der Waals surface area contributed by atoms with Crippen LogP contribution in [-0.2, 0) is 6.42 Å². The minimum Gasteiger partial charge on any atom is -0.495 e. The summed E-state index contributed by atoms with van der Waals surface area (Å²) in [6.07, 6.45) is 3.53. The van der Waals surface area contributed by atoms with E-state index in [-0.39, 0.29) is 0 Å². The van der Waals surface area contributed by atoms with E-state index in [4.69, 9.17) is 10.5 Å². The number of hydrogen-bond acceptors (Lipinski definition) is 3. The average Bonchev–Trinajstić information content (AvgIpc) is 3.16. The molecule has 0 heterocycles. The molecule has 1 aliphatic carbocycles. The molecule has 1 aromatic carbocycles. The lowest BCUT2D eigenvalue weighted by atomic mass is 10.1. The Kier molecular flexibility index (Phi) is 3.57. The van der Waals surface area contributed by atoms with E-state index >= 15 is 0 Å². The summed E-state index contributed by atoms with van der Waals surface area (Å²) in [6.45, 7) is 3.89. The van der Waals surface area contributed by atoms with Crippen LogP contribution in [0.5, 0.6) is 5.75 Å². The predicted octanol–water partition coefficient (Wildman–Crippen LogP) is 2.41. The Bertz CT molecular complexity index is 386. The number of rotatable bonds is 6. The van der Waals surface area contributed by atoms with Crippen molar-refractivity contribution >= 4 is 5.69 Å². The highest BCUT2D eigenvalue weighted by atomic mass is 16.5. The third-order valence-electron chi connectivity index (χ3n) is 3.72. The normalized spacial score (nSPS) is 16.6. The van der Waals surface area contributed by atoms with Gasteiger partial charge >= 0.3 is 0 Å². The SMILES string of the molecule is CCc1ccc(OC)c(NCC2(CN)CC2)c1. The lowest BCUT2D eigenvalue weighted by molar-refractivity contribution is 0.415. The van der Waals surface area contributed by atoms with Crippen LogP contribution in [0.25, 0.3) is 0 Å².